The molecule has 2 amide bonds. The number of amides is 2. The van der Waals surface area contributed by atoms with E-state index in [1.807, 2.05) is 11.8 Å². The number of piperidine rings is 1. The third-order valence-corrected chi connectivity index (χ3v) is 3.91. The second kappa shape index (κ2) is 7.36. The Balaban J connectivity index is 2.51. The number of nitrogens with one attached hydrogen (secondary N) is 1. The molecule has 0 aromatic heterocycles. The van der Waals surface area contributed by atoms with E-state index < -0.39 is 11.9 Å². The van der Waals surface area contributed by atoms with Crippen molar-refractivity contribution in [1.82, 2.24) is 10.2 Å². The zero-order chi connectivity index (χ0) is 14.4. The van der Waals surface area contributed by atoms with Crippen LogP contribution in [0.15, 0.2) is 0 Å². The molecule has 1 heterocycles. The summed E-state index contributed by atoms with van der Waals surface area (Å²) in [6, 6.07) is 0.346. The van der Waals surface area contributed by atoms with Crippen LogP contribution in [-0.2, 0) is 4.79 Å². The number of aliphatic carboxylic acids is 1. The van der Waals surface area contributed by atoms with Gasteiger partial charge in [0.1, 0.15) is 0 Å². The maximum Gasteiger partial charge on any atom is 0.317 e. The SMILES string of the molecule is CCCC(CNC(=O)N1C(C)CCCC1C)C(=O)O. The van der Waals surface area contributed by atoms with Crippen LogP contribution in [0.5, 0.6) is 0 Å². The molecule has 0 radical (unpaired) electrons. The Morgan fingerprint density at radius 3 is 2.37 bits per heavy atom. The summed E-state index contributed by atoms with van der Waals surface area (Å²) in [5.41, 5.74) is 0. The second-order valence-corrected chi connectivity index (χ2v) is 5.55. The maximum absolute atomic E-state index is 12.2. The van der Waals surface area contributed by atoms with Crippen LogP contribution in [-0.4, -0.2) is 40.6 Å². The molecule has 110 valence electrons. The zero-order valence-electron chi connectivity index (χ0n) is 12.2. The Kier molecular flexibility index (Phi) is 6.12. The zero-order valence-corrected chi connectivity index (χ0v) is 12.2. The van der Waals surface area contributed by atoms with Crippen LogP contribution in [0.1, 0.15) is 52.9 Å². The van der Waals surface area contributed by atoms with E-state index in [1.165, 1.54) is 0 Å². The number of nitrogens with zero attached hydrogens (tertiary/aromatic N) is 1. The lowest BCUT2D eigenvalue weighted by Gasteiger charge is -2.39. The van der Waals surface area contributed by atoms with E-state index in [4.69, 9.17) is 5.11 Å². The first-order valence-corrected chi connectivity index (χ1v) is 7.26. The molecule has 0 saturated carbocycles. The normalized spacial score (nSPS) is 24.9. The predicted molar refractivity (Wildman–Crippen MR) is 74.0 cm³/mol. The summed E-state index contributed by atoms with van der Waals surface area (Å²) >= 11 is 0. The average molecular weight is 270 g/mol. The van der Waals surface area contributed by atoms with Crippen molar-refractivity contribution in [3.05, 3.63) is 0 Å². The molecule has 2 N–H and O–H groups in total. The summed E-state index contributed by atoms with van der Waals surface area (Å²) < 4.78 is 0. The van der Waals surface area contributed by atoms with Crippen molar-refractivity contribution in [3.63, 3.8) is 0 Å². The van der Waals surface area contributed by atoms with Gasteiger partial charge < -0.3 is 15.3 Å². The number of carboxylic acid groups (broad SMARTS) is 1. The summed E-state index contributed by atoms with van der Waals surface area (Å²) in [7, 11) is 0. The first kappa shape index (κ1) is 15.8. The lowest BCUT2D eigenvalue weighted by Crippen LogP contribution is -2.52. The monoisotopic (exact) mass is 270 g/mol. The molecule has 0 spiro atoms. The molecule has 3 unspecified atom stereocenters. The van der Waals surface area contributed by atoms with Gasteiger partial charge in [-0.25, -0.2) is 4.79 Å². The van der Waals surface area contributed by atoms with Crippen molar-refractivity contribution >= 4 is 12.0 Å². The minimum Gasteiger partial charge on any atom is -0.481 e. The maximum atomic E-state index is 12.2. The van der Waals surface area contributed by atoms with Gasteiger partial charge in [0.2, 0.25) is 0 Å². The highest BCUT2D eigenvalue weighted by molar-refractivity contribution is 5.76. The first-order chi connectivity index (χ1) is 8.97. The van der Waals surface area contributed by atoms with E-state index in [1.54, 1.807) is 0 Å². The van der Waals surface area contributed by atoms with Crippen molar-refractivity contribution in [2.45, 2.75) is 65.0 Å². The molecule has 1 rings (SSSR count). The summed E-state index contributed by atoms with van der Waals surface area (Å²) in [5, 5.41) is 11.9. The molecule has 1 saturated heterocycles. The molecule has 19 heavy (non-hydrogen) atoms. The number of carboxylic acids is 1. The van der Waals surface area contributed by atoms with Crippen molar-refractivity contribution in [2.75, 3.05) is 6.54 Å². The Bertz CT molecular complexity index is 310. The number of urea groups is 1. The van der Waals surface area contributed by atoms with Gasteiger partial charge >= 0.3 is 12.0 Å². The summed E-state index contributed by atoms with van der Waals surface area (Å²) in [4.78, 5) is 25.1. The summed E-state index contributed by atoms with van der Waals surface area (Å²) in [5.74, 6) is -1.31. The Hall–Kier alpha value is -1.26. The molecule has 0 aromatic carbocycles. The lowest BCUT2D eigenvalue weighted by molar-refractivity contribution is -0.141. The van der Waals surface area contributed by atoms with Gasteiger partial charge in [-0.1, -0.05) is 13.3 Å². The van der Waals surface area contributed by atoms with E-state index in [-0.39, 0.29) is 24.7 Å². The van der Waals surface area contributed by atoms with E-state index >= 15 is 0 Å². The Labute approximate surface area is 115 Å². The number of hydrogen-bond donors (Lipinski definition) is 2. The Morgan fingerprint density at radius 2 is 1.89 bits per heavy atom. The van der Waals surface area contributed by atoms with Crippen molar-refractivity contribution in [3.8, 4) is 0 Å². The molecule has 1 fully saturated rings. The van der Waals surface area contributed by atoms with Gasteiger partial charge in [0.05, 0.1) is 5.92 Å². The molecular weight excluding hydrogens is 244 g/mol. The second-order valence-electron chi connectivity index (χ2n) is 5.55. The van der Waals surface area contributed by atoms with Gasteiger partial charge in [-0.2, -0.15) is 0 Å². The quantitative estimate of drug-likeness (QED) is 0.806. The molecule has 5 nitrogen and oxygen atoms in total. The van der Waals surface area contributed by atoms with Gasteiger partial charge in [-0.15, -0.1) is 0 Å². The van der Waals surface area contributed by atoms with Crippen molar-refractivity contribution in [2.24, 2.45) is 5.92 Å². The van der Waals surface area contributed by atoms with E-state index in [0.29, 0.717) is 6.42 Å². The standard InChI is InChI=1S/C14H26N2O3/c1-4-6-12(13(17)18)9-15-14(19)16-10(2)7-5-8-11(16)3/h10-12H,4-9H2,1-3H3,(H,15,19)(H,17,18). The fourth-order valence-electron chi connectivity index (χ4n) is 2.78. The van der Waals surface area contributed by atoms with Crippen LogP contribution >= 0.6 is 0 Å². The molecule has 3 atom stereocenters. The van der Waals surface area contributed by atoms with E-state index in [0.717, 1.165) is 25.7 Å². The number of carbonyl (C=O) groups is 2. The molecule has 1 aliphatic rings. The number of hydrogen-bond acceptors (Lipinski definition) is 2. The van der Waals surface area contributed by atoms with Gasteiger partial charge in [-0.05, 0) is 39.5 Å². The minimum atomic E-state index is -0.832. The van der Waals surface area contributed by atoms with Crippen molar-refractivity contribution in [1.29, 1.82) is 0 Å². The summed E-state index contributed by atoms with van der Waals surface area (Å²) in [6.45, 7) is 6.27. The van der Waals surface area contributed by atoms with Crippen LogP contribution in [0.3, 0.4) is 0 Å². The highest BCUT2D eigenvalue weighted by atomic mass is 16.4. The fourth-order valence-corrected chi connectivity index (χ4v) is 2.78. The van der Waals surface area contributed by atoms with Gasteiger partial charge in [0.15, 0.2) is 0 Å². The molecule has 0 aromatic rings. The van der Waals surface area contributed by atoms with E-state index in [2.05, 4.69) is 19.2 Å². The van der Waals surface area contributed by atoms with Crippen LogP contribution in [0, 0.1) is 5.92 Å². The van der Waals surface area contributed by atoms with Crippen molar-refractivity contribution < 1.29 is 14.7 Å². The largest absolute Gasteiger partial charge is 0.481 e. The highest BCUT2D eigenvalue weighted by Crippen LogP contribution is 2.22. The number of likely N-dealkylation sites (tertiary alicyclic amines) is 1. The molecule has 0 aliphatic carbocycles. The molecule has 0 bridgehead atoms. The third kappa shape index (κ3) is 4.40. The van der Waals surface area contributed by atoms with Crippen LogP contribution in [0.4, 0.5) is 4.79 Å². The predicted octanol–water partition coefficient (Wildman–Crippen LogP) is 2.46. The smallest absolute Gasteiger partial charge is 0.317 e. The van der Waals surface area contributed by atoms with Gasteiger partial charge in [-0.3, -0.25) is 4.79 Å². The topological polar surface area (TPSA) is 69.6 Å². The van der Waals surface area contributed by atoms with Crippen LogP contribution in [0.25, 0.3) is 0 Å². The van der Waals surface area contributed by atoms with Crippen LogP contribution < -0.4 is 5.32 Å². The number of carbonyl (C=O) groups excluding carboxylic acids is 1. The number of rotatable bonds is 5. The fraction of sp³-hybridized carbons (Fsp3) is 0.857. The molecule has 5 heteroatoms. The van der Waals surface area contributed by atoms with Gasteiger partial charge in [0, 0.05) is 18.6 Å². The Morgan fingerprint density at radius 1 is 1.32 bits per heavy atom. The molecule has 1 aliphatic heterocycles. The summed E-state index contributed by atoms with van der Waals surface area (Å²) in [6.07, 6.45) is 4.61. The van der Waals surface area contributed by atoms with Gasteiger partial charge in [0.25, 0.3) is 0 Å². The average Bonchev–Trinajstić information content (AvgIpc) is 2.33. The third-order valence-electron chi connectivity index (χ3n) is 3.91. The van der Waals surface area contributed by atoms with Crippen LogP contribution in [0.2, 0.25) is 0 Å². The lowest BCUT2D eigenvalue weighted by atomic mass is 9.98. The first-order valence-electron chi connectivity index (χ1n) is 7.26. The highest BCUT2D eigenvalue weighted by Gasteiger charge is 2.29. The minimum absolute atomic E-state index is 0.123. The molecular formula is C14H26N2O3. The van der Waals surface area contributed by atoms with E-state index in [9.17, 15) is 9.59 Å².